The molecule has 0 radical (unpaired) electrons. The number of halogens is 2. The highest BCUT2D eigenvalue weighted by Crippen LogP contribution is 2.32. The number of rotatable bonds is 7. The van der Waals surface area contributed by atoms with Crippen LogP contribution in [0.4, 0.5) is 8.78 Å². The number of aliphatic hydroxyl groups is 1. The van der Waals surface area contributed by atoms with E-state index in [0.717, 1.165) is 29.0 Å². The highest BCUT2D eigenvalue weighted by Gasteiger charge is 2.40. The van der Waals surface area contributed by atoms with Gasteiger partial charge in [-0.05, 0) is 32.0 Å². The Bertz CT molecular complexity index is 1630. The van der Waals surface area contributed by atoms with Crippen molar-refractivity contribution in [2.24, 2.45) is 0 Å². The highest BCUT2D eigenvalue weighted by atomic mass is 32.2. The third-order valence-electron chi connectivity index (χ3n) is 5.59. The lowest BCUT2D eigenvalue weighted by molar-refractivity contribution is -0.0185. The second kappa shape index (κ2) is 12.4. The van der Waals surface area contributed by atoms with E-state index < -0.39 is 39.3 Å². The Morgan fingerprint density at radius 3 is 2.45 bits per heavy atom. The minimum absolute atomic E-state index is 0.193. The zero-order valence-corrected chi connectivity index (χ0v) is 23.0. The first kappa shape index (κ1) is 30.4. The molecule has 2 heterocycles. The molecule has 1 amide bonds. The van der Waals surface area contributed by atoms with Crippen LogP contribution in [0.2, 0.25) is 0 Å². The van der Waals surface area contributed by atoms with Gasteiger partial charge in [0, 0.05) is 17.2 Å². The number of thiazole rings is 1. The van der Waals surface area contributed by atoms with Crippen molar-refractivity contribution in [2.45, 2.75) is 32.0 Å². The molecule has 0 aliphatic carbocycles. The number of hydrogen-bond acceptors (Lipinski definition) is 9. The molecule has 15 heteroatoms. The summed E-state index contributed by atoms with van der Waals surface area (Å²) in [6.45, 7) is 2.97. The quantitative estimate of drug-likeness (QED) is 0.274. The Hall–Kier alpha value is -4.10. The van der Waals surface area contributed by atoms with Crippen LogP contribution in [0.1, 0.15) is 33.4 Å². The Morgan fingerprint density at radius 1 is 1.25 bits per heavy atom. The van der Waals surface area contributed by atoms with Crippen LogP contribution in [-0.4, -0.2) is 56.0 Å². The largest absolute Gasteiger partial charge is 0.381 e. The average molecular weight is 591 g/mol. The van der Waals surface area contributed by atoms with E-state index >= 15 is 0 Å². The molecule has 0 saturated heterocycles. The van der Waals surface area contributed by atoms with E-state index in [4.69, 9.17) is 9.81 Å². The highest BCUT2D eigenvalue weighted by molar-refractivity contribution is 7.85. The van der Waals surface area contributed by atoms with Gasteiger partial charge in [0.05, 0.1) is 36.2 Å². The van der Waals surface area contributed by atoms with Crippen molar-refractivity contribution in [3.8, 4) is 16.6 Å². The number of nitriles is 1. The van der Waals surface area contributed by atoms with E-state index in [1.165, 1.54) is 24.3 Å². The molecule has 4 aromatic rings. The summed E-state index contributed by atoms with van der Waals surface area (Å²) in [6, 6.07) is 10.7. The second-order valence-corrected chi connectivity index (χ2v) is 11.2. The fourth-order valence-electron chi connectivity index (χ4n) is 3.66. The molecular formula is C25H24F2N6O5S2. The molecule has 0 saturated carbocycles. The van der Waals surface area contributed by atoms with Gasteiger partial charge >= 0.3 is 0 Å². The zero-order valence-electron chi connectivity index (χ0n) is 21.4. The van der Waals surface area contributed by atoms with Crippen LogP contribution in [-0.2, 0) is 22.3 Å². The molecule has 40 heavy (non-hydrogen) atoms. The number of aromatic nitrogens is 4. The maximum Gasteiger partial charge on any atom is 0.263 e. The van der Waals surface area contributed by atoms with Crippen LogP contribution in [0.5, 0.6) is 0 Å². The molecule has 3 N–H and O–H groups in total. The lowest BCUT2D eigenvalue weighted by Gasteiger charge is -2.35. The number of benzene rings is 2. The third kappa shape index (κ3) is 7.73. The monoisotopic (exact) mass is 590 g/mol. The molecule has 210 valence electrons. The molecule has 0 aliphatic heterocycles. The SMILES string of the molecule is CS(=O)(=O)O.Cc1nc(-c2ccc(C#N)cc2)sc1C(=O)NC(C)C(O)(Cn1cncn1)c1ccc(F)cc1F. The van der Waals surface area contributed by atoms with Crippen molar-refractivity contribution in [1.82, 2.24) is 25.1 Å². The van der Waals surface area contributed by atoms with Crippen LogP contribution in [0, 0.1) is 29.9 Å². The van der Waals surface area contributed by atoms with Crippen molar-refractivity contribution in [3.05, 3.63) is 88.5 Å². The topological polar surface area (TPSA) is 171 Å². The second-order valence-electron chi connectivity index (χ2n) is 8.69. The van der Waals surface area contributed by atoms with E-state index in [9.17, 15) is 27.1 Å². The Kier molecular flexibility index (Phi) is 9.43. The molecular weight excluding hydrogens is 566 g/mol. The van der Waals surface area contributed by atoms with Gasteiger partial charge < -0.3 is 10.4 Å². The smallest absolute Gasteiger partial charge is 0.263 e. The predicted molar refractivity (Wildman–Crippen MR) is 142 cm³/mol. The molecule has 11 nitrogen and oxygen atoms in total. The summed E-state index contributed by atoms with van der Waals surface area (Å²) in [4.78, 5) is 21.8. The molecule has 2 aromatic heterocycles. The normalized spacial score (nSPS) is 13.3. The molecule has 0 bridgehead atoms. The van der Waals surface area contributed by atoms with Gasteiger partial charge in [0.25, 0.3) is 16.0 Å². The molecule has 0 aliphatic rings. The number of carbonyl (C=O) groups excluding carboxylic acids is 1. The molecule has 2 aromatic carbocycles. The summed E-state index contributed by atoms with van der Waals surface area (Å²) in [5.41, 5.74) is -0.433. The van der Waals surface area contributed by atoms with Crippen molar-refractivity contribution in [1.29, 1.82) is 5.26 Å². The van der Waals surface area contributed by atoms with Gasteiger partial charge in [-0.15, -0.1) is 11.3 Å². The minimum atomic E-state index is -3.67. The Morgan fingerprint density at radius 2 is 1.90 bits per heavy atom. The first-order chi connectivity index (χ1) is 18.7. The number of aryl methyl sites for hydroxylation is 1. The number of amides is 1. The molecule has 0 fully saturated rings. The predicted octanol–water partition coefficient (Wildman–Crippen LogP) is 3.07. The fraction of sp³-hybridized carbons (Fsp3) is 0.240. The van der Waals surface area contributed by atoms with E-state index in [-0.39, 0.29) is 12.1 Å². The van der Waals surface area contributed by atoms with Crippen LogP contribution in [0.3, 0.4) is 0 Å². The Balaban J connectivity index is 0.000000810. The van der Waals surface area contributed by atoms with E-state index in [1.54, 1.807) is 31.2 Å². The first-order valence-corrected chi connectivity index (χ1v) is 14.1. The maximum absolute atomic E-state index is 14.7. The first-order valence-electron chi connectivity index (χ1n) is 11.4. The van der Waals surface area contributed by atoms with E-state index in [1.807, 2.05) is 6.07 Å². The van der Waals surface area contributed by atoms with Crippen LogP contribution >= 0.6 is 11.3 Å². The van der Waals surface area contributed by atoms with Gasteiger partial charge in [-0.25, -0.2) is 23.4 Å². The number of nitrogens with one attached hydrogen (secondary N) is 1. The van der Waals surface area contributed by atoms with Crippen molar-refractivity contribution >= 4 is 27.4 Å². The zero-order chi connectivity index (χ0) is 29.7. The summed E-state index contributed by atoms with van der Waals surface area (Å²) in [7, 11) is -3.67. The van der Waals surface area contributed by atoms with E-state index in [0.29, 0.717) is 33.5 Å². The summed E-state index contributed by atoms with van der Waals surface area (Å²) < 4.78 is 55.4. The molecule has 2 atom stereocenters. The van der Waals surface area contributed by atoms with Crippen LogP contribution < -0.4 is 5.32 Å². The number of nitrogens with zero attached hydrogens (tertiary/aromatic N) is 5. The van der Waals surface area contributed by atoms with Gasteiger partial charge in [-0.1, -0.05) is 18.2 Å². The summed E-state index contributed by atoms with van der Waals surface area (Å²) in [5, 5.41) is 27.8. The van der Waals surface area contributed by atoms with Crippen molar-refractivity contribution < 1.29 is 31.7 Å². The maximum atomic E-state index is 14.7. The van der Waals surface area contributed by atoms with E-state index in [2.05, 4.69) is 20.4 Å². The van der Waals surface area contributed by atoms with Gasteiger partial charge in [0.1, 0.15) is 39.8 Å². The lowest BCUT2D eigenvalue weighted by Crippen LogP contribution is -2.51. The fourth-order valence-corrected chi connectivity index (χ4v) is 4.63. The molecule has 0 spiro atoms. The number of carbonyl (C=O) groups is 1. The number of hydrogen-bond donors (Lipinski definition) is 3. The average Bonchev–Trinajstić information content (AvgIpc) is 3.52. The minimum Gasteiger partial charge on any atom is -0.381 e. The summed E-state index contributed by atoms with van der Waals surface area (Å²) in [6.07, 6.45) is 3.32. The van der Waals surface area contributed by atoms with Gasteiger partial charge in [-0.2, -0.15) is 18.8 Å². The van der Waals surface area contributed by atoms with Crippen LogP contribution in [0.15, 0.2) is 55.1 Å². The molecule has 2 unspecified atom stereocenters. The molecule has 4 rings (SSSR count). The Labute approximate surface area is 232 Å². The standard InChI is InChI=1S/C24H20F2N6O2S.CH4O3S/c1-14-21(35-23(30-14)17-5-3-16(10-27)4-6-17)22(33)31-15(2)24(34,11-32-13-28-12-29-32)19-8-7-18(25)9-20(19)26;1-5(2,3)4/h3-9,12-13,15,34H,11H2,1-2H3,(H,31,33);1H3,(H,2,3,4). The van der Waals surface area contributed by atoms with Crippen LogP contribution in [0.25, 0.3) is 10.6 Å². The van der Waals surface area contributed by atoms with Crippen molar-refractivity contribution in [3.63, 3.8) is 0 Å². The van der Waals surface area contributed by atoms with Gasteiger partial charge in [0.2, 0.25) is 0 Å². The van der Waals surface area contributed by atoms with Crippen molar-refractivity contribution in [2.75, 3.05) is 6.26 Å². The summed E-state index contributed by atoms with van der Waals surface area (Å²) in [5.74, 6) is -2.25. The van der Waals surface area contributed by atoms with Gasteiger partial charge in [-0.3, -0.25) is 9.35 Å². The lowest BCUT2D eigenvalue weighted by atomic mass is 9.86. The third-order valence-corrected chi connectivity index (χ3v) is 6.80. The van der Waals surface area contributed by atoms with Gasteiger partial charge in [0.15, 0.2) is 0 Å². The summed E-state index contributed by atoms with van der Waals surface area (Å²) >= 11 is 1.15.